The van der Waals surface area contributed by atoms with Gasteiger partial charge in [0, 0.05) is 0 Å². The van der Waals surface area contributed by atoms with E-state index in [0.717, 1.165) is 6.54 Å². The first-order chi connectivity index (χ1) is 7.54. The Kier molecular flexibility index (Phi) is 5.93. The summed E-state index contributed by atoms with van der Waals surface area (Å²) in [6.07, 6.45) is 2.46. The van der Waals surface area contributed by atoms with Gasteiger partial charge in [-0.25, -0.2) is 0 Å². The molecule has 0 aromatic heterocycles. The van der Waals surface area contributed by atoms with Crippen LogP contribution in [-0.2, 0) is 13.0 Å². The van der Waals surface area contributed by atoms with Crippen LogP contribution in [0.5, 0.6) is 0 Å². The van der Waals surface area contributed by atoms with E-state index in [0.29, 0.717) is 0 Å². The van der Waals surface area contributed by atoms with Crippen molar-refractivity contribution < 1.29 is 0 Å². The molecule has 0 spiro atoms. The van der Waals surface area contributed by atoms with Gasteiger partial charge in [0.05, 0.1) is 0 Å². The Hall–Kier alpha value is 0.0631. The van der Waals surface area contributed by atoms with E-state index in [9.17, 15) is 0 Å². The van der Waals surface area contributed by atoms with Gasteiger partial charge in [-0.15, -0.1) is 0 Å². The molecule has 0 radical (unpaired) electrons. The number of hydrogen-bond donors (Lipinski definition) is 0. The van der Waals surface area contributed by atoms with Gasteiger partial charge in [-0.3, -0.25) is 0 Å². The predicted molar refractivity (Wildman–Crippen MR) is 74.9 cm³/mol. The van der Waals surface area contributed by atoms with Crippen LogP contribution in [0.4, 0.5) is 0 Å². The topological polar surface area (TPSA) is 3.24 Å². The Bertz CT molecular complexity index is 332. The molecule has 0 amide bonds. The zero-order valence-electron chi connectivity index (χ0n) is 11.2. The summed E-state index contributed by atoms with van der Waals surface area (Å²) in [5, 5.41) is 0. The van der Waals surface area contributed by atoms with Crippen LogP contribution in [0.15, 0.2) is 18.2 Å². The van der Waals surface area contributed by atoms with E-state index >= 15 is 0 Å². The van der Waals surface area contributed by atoms with Crippen LogP contribution in [0.3, 0.4) is 0 Å². The van der Waals surface area contributed by atoms with E-state index in [4.69, 9.17) is 0 Å². The van der Waals surface area contributed by atoms with Gasteiger partial charge in [-0.05, 0) is 0 Å². The third kappa shape index (κ3) is 4.14. The minimum absolute atomic E-state index is 1.10. The van der Waals surface area contributed by atoms with Crippen molar-refractivity contribution in [1.29, 1.82) is 0 Å². The maximum absolute atomic E-state index is 2.48. The fourth-order valence-corrected chi connectivity index (χ4v) is 6.19. The zero-order valence-corrected chi connectivity index (χ0v) is 14.7. The van der Waals surface area contributed by atoms with Gasteiger partial charge in [-0.1, -0.05) is 0 Å². The molecule has 1 rings (SSSR count). The first-order valence-corrected chi connectivity index (χ1v) is 14.7. The molecule has 90 valence electrons. The summed E-state index contributed by atoms with van der Waals surface area (Å²) in [4.78, 5) is 2.28. The average Bonchev–Trinajstić information content (AvgIpc) is 2.16. The molecular formula is C14H24BiN. The van der Waals surface area contributed by atoms with Crippen molar-refractivity contribution >= 4 is 25.0 Å². The minimum atomic E-state index is -1.31. The fourth-order valence-electron chi connectivity index (χ4n) is 1.99. The summed E-state index contributed by atoms with van der Waals surface area (Å²) in [6, 6.07) is 7.18. The Labute approximate surface area is 109 Å². The van der Waals surface area contributed by atoms with Crippen LogP contribution in [0.1, 0.15) is 24.5 Å². The monoisotopic (exact) mass is 415 g/mol. The predicted octanol–water partition coefficient (Wildman–Crippen LogP) is 2.66. The van der Waals surface area contributed by atoms with E-state index in [1.807, 2.05) is 0 Å². The van der Waals surface area contributed by atoms with Gasteiger partial charge in [0.25, 0.3) is 0 Å². The first kappa shape index (κ1) is 14.1. The first-order valence-electron chi connectivity index (χ1n) is 5.98. The fraction of sp³-hybridized carbons (Fsp3) is 0.571. The van der Waals surface area contributed by atoms with Crippen LogP contribution in [-0.4, -0.2) is 40.7 Å². The molecule has 0 aliphatic rings. The summed E-state index contributed by atoms with van der Waals surface area (Å²) in [7, 11) is 4.32. The van der Waals surface area contributed by atoms with Gasteiger partial charge >= 0.3 is 109 Å². The van der Waals surface area contributed by atoms with Crippen LogP contribution in [0, 0.1) is 0 Å². The van der Waals surface area contributed by atoms with E-state index in [2.05, 4.69) is 53.4 Å². The van der Waals surface area contributed by atoms with Crippen molar-refractivity contribution in [3.8, 4) is 0 Å². The van der Waals surface area contributed by atoms with Gasteiger partial charge in [0.2, 0.25) is 0 Å². The molecule has 0 bridgehead atoms. The number of hydrogen-bond acceptors (Lipinski definition) is 1. The molecule has 2 heteroatoms. The molecule has 1 aromatic carbocycles. The van der Waals surface area contributed by atoms with Gasteiger partial charge in [0.1, 0.15) is 0 Å². The van der Waals surface area contributed by atoms with Crippen molar-refractivity contribution in [2.24, 2.45) is 0 Å². The number of rotatable bonds is 5. The summed E-state index contributed by atoms with van der Waals surface area (Å²) < 4.78 is 6.65. The van der Waals surface area contributed by atoms with Crippen molar-refractivity contribution in [2.45, 2.75) is 35.6 Å². The SMILES string of the molecule is CCCc1cc[c]([Bi]([CH3])[CH3])c(CN(C)C)c1. The molecule has 0 atom stereocenters. The summed E-state index contributed by atoms with van der Waals surface area (Å²) in [5.74, 6) is 0. The van der Waals surface area contributed by atoms with Crippen molar-refractivity contribution in [3.63, 3.8) is 0 Å². The summed E-state index contributed by atoms with van der Waals surface area (Å²) >= 11 is -1.31. The molecule has 0 unspecified atom stereocenters. The van der Waals surface area contributed by atoms with E-state index < -0.39 is 21.8 Å². The summed E-state index contributed by atoms with van der Waals surface area (Å²) in [6.45, 7) is 3.35. The van der Waals surface area contributed by atoms with Gasteiger partial charge in [0.15, 0.2) is 0 Å². The quantitative estimate of drug-likeness (QED) is 0.669. The third-order valence-electron chi connectivity index (χ3n) is 2.65. The molecule has 0 aliphatic carbocycles. The normalized spacial score (nSPS) is 11.4. The van der Waals surface area contributed by atoms with Crippen molar-refractivity contribution in [2.75, 3.05) is 14.1 Å². The average molecular weight is 415 g/mol. The van der Waals surface area contributed by atoms with Crippen LogP contribution >= 0.6 is 0 Å². The van der Waals surface area contributed by atoms with E-state index in [1.165, 1.54) is 18.4 Å². The Morgan fingerprint density at radius 1 is 1.19 bits per heavy atom. The molecule has 0 fully saturated rings. The van der Waals surface area contributed by atoms with Crippen molar-refractivity contribution in [3.05, 3.63) is 29.3 Å². The summed E-state index contributed by atoms with van der Waals surface area (Å²) in [5.41, 5.74) is 3.09. The second kappa shape index (κ2) is 6.71. The number of benzene rings is 1. The Balaban J connectivity index is 3.00. The van der Waals surface area contributed by atoms with E-state index in [1.54, 1.807) is 8.83 Å². The molecule has 0 saturated carbocycles. The van der Waals surface area contributed by atoms with Gasteiger partial charge in [-0.2, -0.15) is 0 Å². The molecule has 0 aliphatic heterocycles. The molecule has 0 heterocycles. The molecule has 0 N–H and O–H groups in total. The molecule has 1 aromatic rings. The molecule has 1 nitrogen and oxygen atoms in total. The third-order valence-corrected chi connectivity index (χ3v) is 8.09. The zero-order chi connectivity index (χ0) is 12.1. The van der Waals surface area contributed by atoms with Crippen molar-refractivity contribution in [1.82, 2.24) is 4.90 Å². The molecular weight excluding hydrogens is 391 g/mol. The van der Waals surface area contributed by atoms with Crippen LogP contribution < -0.4 is 3.27 Å². The Morgan fingerprint density at radius 2 is 1.88 bits per heavy atom. The molecule has 16 heavy (non-hydrogen) atoms. The maximum atomic E-state index is 2.48. The second-order valence-electron chi connectivity index (χ2n) is 4.85. The van der Waals surface area contributed by atoms with Crippen LogP contribution in [0.25, 0.3) is 0 Å². The van der Waals surface area contributed by atoms with Gasteiger partial charge < -0.3 is 0 Å². The van der Waals surface area contributed by atoms with E-state index in [-0.39, 0.29) is 0 Å². The van der Waals surface area contributed by atoms with Crippen LogP contribution in [0.2, 0.25) is 9.26 Å². The standard InChI is InChI=1S/C12H18N.2CH3.Bi/c1-4-6-11-7-5-8-12(9-11)10-13(2)3;;;/h5,7,9H,4,6,10H2,1-3H3;2*1H3;. The number of aryl methyl sites for hydroxylation is 1. The molecule has 0 saturated heterocycles. The Morgan fingerprint density at radius 3 is 2.38 bits per heavy atom. The number of nitrogens with zero attached hydrogens (tertiary/aromatic N) is 1. The second-order valence-corrected chi connectivity index (χ2v) is 13.7.